The molecule has 0 saturated heterocycles. The molecule has 0 atom stereocenters. The van der Waals surface area contributed by atoms with E-state index in [1.807, 2.05) is 24.5 Å². The Morgan fingerprint density at radius 3 is 2.55 bits per heavy atom. The summed E-state index contributed by atoms with van der Waals surface area (Å²) < 4.78 is 12.9. The van der Waals surface area contributed by atoms with Crippen LogP contribution in [0.2, 0.25) is 0 Å². The number of nitrogens with two attached hydrogens (primary N) is 1. The van der Waals surface area contributed by atoms with Gasteiger partial charge in [0, 0.05) is 22.7 Å². The molecule has 2 aromatic carbocycles. The molecule has 0 aromatic heterocycles. The molecule has 3 N–H and O–H groups in total. The van der Waals surface area contributed by atoms with Crippen LogP contribution in [0.1, 0.15) is 11.1 Å². The van der Waals surface area contributed by atoms with E-state index in [9.17, 15) is 4.39 Å². The molecule has 104 valence electrons. The summed E-state index contributed by atoms with van der Waals surface area (Å²) >= 11 is 6.73. The van der Waals surface area contributed by atoms with E-state index < -0.39 is 0 Å². The van der Waals surface area contributed by atoms with E-state index in [1.165, 1.54) is 12.1 Å². The highest BCUT2D eigenvalue weighted by Gasteiger charge is 2.10. The van der Waals surface area contributed by atoms with Crippen LogP contribution in [0.3, 0.4) is 0 Å². The van der Waals surface area contributed by atoms with Crippen molar-refractivity contribution in [3.8, 4) is 0 Å². The van der Waals surface area contributed by atoms with Crippen LogP contribution in [0.15, 0.2) is 47.4 Å². The number of anilines is 1. The molecule has 0 fully saturated rings. The molecule has 0 radical (unpaired) electrons. The van der Waals surface area contributed by atoms with E-state index >= 15 is 0 Å². The lowest BCUT2D eigenvalue weighted by Crippen LogP contribution is -2.14. The van der Waals surface area contributed by atoms with Gasteiger partial charge in [0.15, 0.2) is 0 Å². The molecule has 0 spiro atoms. The quantitative estimate of drug-likeness (QED) is 0.651. The van der Waals surface area contributed by atoms with Crippen molar-refractivity contribution in [3.63, 3.8) is 0 Å². The largest absolute Gasteiger partial charge is 0.389 e. The van der Waals surface area contributed by atoms with E-state index in [2.05, 4.69) is 5.32 Å². The Morgan fingerprint density at radius 1 is 1.25 bits per heavy atom. The van der Waals surface area contributed by atoms with E-state index in [-0.39, 0.29) is 5.82 Å². The van der Waals surface area contributed by atoms with Gasteiger partial charge in [0.05, 0.1) is 0 Å². The van der Waals surface area contributed by atoms with Crippen LogP contribution in [-0.2, 0) is 6.54 Å². The first-order valence-corrected chi connectivity index (χ1v) is 7.70. The molecule has 2 nitrogen and oxygen atoms in total. The van der Waals surface area contributed by atoms with Crippen molar-refractivity contribution in [2.24, 2.45) is 5.73 Å². The predicted molar refractivity (Wildman–Crippen MR) is 87.8 cm³/mol. The second kappa shape index (κ2) is 6.72. The minimum absolute atomic E-state index is 0.234. The fourth-order valence-electron chi connectivity index (χ4n) is 1.90. The third kappa shape index (κ3) is 3.49. The van der Waals surface area contributed by atoms with Crippen molar-refractivity contribution in [3.05, 3.63) is 59.4 Å². The van der Waals surface area contributed by atoms with Crippen LogP contribution in [0.5, 0.6) is 0 Å². The normalized spacial score (nSPS) is 10.3. The molecule has 2 aromatic rings. The van der Waals surface area contributed by atoms with Crippen LogP contribution in [0, 0.1) is 5.82 Å². The van der Waals surface area contributed by atoms with E-state index in [0.717, 1.165) is 21.7 Å². The maximum absolute atomic E-state index is 12.9. The van der Waals surface area contributed by atoms with Gasteiger partial charge in [-0.15, -0.1) is 11.8 Å². The molecular weight excluding hydrogens is 291 g/mol. The molecular formula is C15H15FN2S2. The second-order valence-corrected chi connectivity index (χ2v) is 5.52. The zero-order chi connectivity index (χ0) is 14.5. The average molecular weight is 306 g/mol. The van der Waals surface area contributed by atoms with Gasteiger partial charge in [-0.05, 0) is 36.1 Å². The number of hydrogen-bond donors (Lipinski definition) is 2. The highest BCUT2D eigenvalue weighted by atomic mass is 32.2. The summed E-state index contributed by atoms with van der Waals surface area (Å²) in [6.07, 6.45) is 1.99. The monoisotopic (exact) mass is 306 g/mol. The van der Waals surface area contributed by atoms with Gasteiger partial charge in [0.2, 0.25) is 0 Å². The van der Waals surface area contributed by atoms with E-state index in [1.54, 1.807) is 23.9 Å². The first-order chi connectivity index (χ1) is 9.61. The summed E-state index contributed by atoms with van der Waals surface area (Å²) in [6.45, 7) is 0.591. The molecule has 0 bridgehead atoms. The minimum atomic E-state index is -0.234. The zero-order valence-corrected chi connectivity index (χ0v) is 12.7. The van der Waals surface area contributed by atoms with Crippen molar-refractivity contribution in [1.82, 2.24) is 0 Å². The molecule has 2 rings (SSSR count). The van der Waals surface area contributed by atoms with Crippen LogP contribution in [-0.4, -0.2) is 11.2 Å². The lowest BCUT2D eigenvalue weighted by Gasteiger charge is -2.14. The third-order valence-corrected chi connectivity index (χ3v) is 3.87. The first-order valence-electron chi connectivity index (χ1n) is 6.07. The molecule has 0 amide bonds. The Morgan fingerprint density at radius 2 is 1.95 bits per heavy atom. The lowest BCUT2D eigenvalue weighted by atomic mass is 10.1. The van der Waals surface area contributed by atoms with Gasteiger partial charge < -0.3 is 11.1 Å². The lowest BCUT2D eigenvalue weighted by molar-refractivity contribution is 0.627. The Kier molecular flexibility index (Phi) is 4.98. The Balaban J connectivity index is 2.21. The molecule has 0 aliphatic heterocycles. The Bertz CT molecular complexity index is 612. The van der Waals surface area contributed by atoms with Crippen molar-refractivity contribution in [2.75, 3.05) is 11.6 Å². The predicted octanol–water partition coefficient (Wildman–Crippen LogP) is 3.79. The second-order valence-electron chi connectivity index (χ2n) is 4.23. The topological polar surface area (TPSA) is 38.0 Å². The summed E-state index contributed by atoms with van der Waals surface area (Å²) in [5.74, 6) is -0.234. The summed E-state index contributed by atoms with van der Waals surface area (Å²) in [5, 5.41) is 3.30. The number of nitrogens with one attached hydrogen (secondary N) is 1. The molecule has 5 heteroatoms. The van der Waals surface area contributed by atoms with Gasteiger partial charge in [-0.25, -0.2) is 4.39 Å². The number of thioether (sulfide) groups is 1. The SMILES string of the molecule is CSc1cccc(NCc2ccc(F)cc2)c1C(N)=S. The Labute approximate surface area is 127 Å². The fourth-order valence-corrected chi connectivity index (χ4v) is 2.83. The van der Waals surface area contributed by atoms with E-state index in [4.69, 9.17) is 18.0 Å². The number of thiocarbonyl (C=S) groups is 1. The van der Waals surface area contributed by atoms with Gasteiger partial charge in [0.25, 0.3) is 0 Å². The van der Waals surface area contributed by atoms with Crippen molar-refractivity contribution in [2.45, 2.75) is 11.4 Å². The van der Waals surface area contributed by atoms with Crippen LogP contribution in [0.25, 0.3) is 0 Å². The number of hydrogen-bond acceptors (Lipinski definition) is 3. The smallest absolute Gasteiger partial charge is 0.123 e. The fraction of sp³-hybridized carbons (Fsp3) is 0.133. The summed E-state index contributed by atoms with van der Waals surface area (Å²) in [6, 6.07) is 12.3. The van der Waals surface area contributed by atoms with Crippen molar-refractivity contribution in [1.29, 1.82) is 0 Å². The van der Waals surface area contributed by atoms with Gasteiger partial charge in [0.1, 0.15) is 10.8 Å². The molecule has 0 heterocycles. The first kappa shape index (κ1) is 14.8. The van der Waals surface area contributed by atoms with Gasteiger partial charge in [-0.1, -0.05) is 30.4 Å². The van der Waals surface area contributed by atoms with Crippen LogP contribution in [0.4, 0.5) is 10.1 Å². The van der Waals surface area contributed by atoms with Crippen molar-refractivity contribution >= 4 is 34.7 Å². The molecule has 0 aliphatic carbocycles. The summed E-state index contributed by atoms with van der Waals surface area (Å²) in [7, 11) is 0. The summed E-state index contributed by atoms with van der Waals surface area (Å²) in [5.41, 5.74) is 8.56. The van der Waals surface area contributed by atoms with Gasteiger partial charge in [-0.2, -0.15) is 0 Å². The standard InChI is InChI=1S/C15H15FN2S2/c1-20-13-4-2-3-12(14(13)15(17)19)18-9-10-5-7-11(16)8-6-10/h2-8,18H,9H2,1H3,(H2,17,19). The van der Waals surface area contributed by atoms with Crippen LogP contribution < -0.4 is 11.1 Å². The molecule has 20 heavy (non-hydrogen) atoms. The highest BCUT2D eigenvalue weighted by Crippen LogP contribution is 2.27. The molecule has 0 aliphatic rings. The third-order valence-electron chi connectivity index (χ3n) is 2.89. The van der Waals surface area contributed by atoms with Crippen molar-refractivity contribution < 1.29 is 4.39 Å². The summed E-state index contributed by atoms with van der Waals surface area (Å²) in [4.78, 5) is 1.41. The maximum Gasteiger partial charge on any atom is 0.123 e. The molecule has 0 saturated carbocycles. The Hall–Kier alpha value is -1.59. The number of benzene rings is 2. The number of halogens is 1. The number of rotatable bonds is 5. The van der Waals surface area contributed by atoms with Crippen LogP contribution >= 0.6 is 24.0 Å². The molecule has 0 unspecified atom stereocenters. The van der Waals surface area contributed by atoms with E-state index in [0.29, 0.717) is 11.5 Å². The zero-order valence-electron chi connectivity index (χ0n) is 11.0. The maximum atomic E-state index is 12.9. The van der Waals surface area contributed by atoms with Gasteiger partial charge >= 0.3 is 0 Å². The van der Waals surface area contributed by atoms with Gasteiger partial charge in [-0.3, -0.25) is 0 Å². The highest BCUT2D eigenvalue weighted by molar-refractivity contribution is 7.98. The minimum Gasteiger partial charge on any atom is -0.389 e. The average Bonchev–Trinajstić information content (AvgIpc) is 2.46.